The number of benzene rings is 1. The fourth-order valence-corrected chi connectivity index (χ4v) is 4.44. The molecule has 1 aliphatic rings. The Morgan fingerprint density at radius 3 is 2.63 bits per heavy atom. The van der Waals surface area contributed by atoms with Crippen LogP contribution in [0.5, 0.6) is 0 Å². The fourth-order valence-electron chi connectivity index (χ4n) is 4.44. The zero-order chi connectivity index (χ0) is 24.4. The molecule has 1 atom stereocenters. The first-order chi connectivity index (χ1) is 17.0. The van der Waals surface area contributed by atoms with E-state index in [1.165, 1.54) is 10.5 Å². The van der Waals surface area contributed by atoms with Crippen molar-refractivity contribution in [1.29, 1.82) is 5.41 Å². The number of amides is 1. The highest BCUT2D eigenvalue weighted by Crippen LogP contribution is 2.14. The zero-order valence-corrected chi connectivity index (χ0v) is 19.6. The zero-order valence-electron chi connectivity index (χ0n) is 19.6. The van der Waals surface area contributed by atoms with Crippen molar-refractivity contribution in [3.8, 4) is 0 Å². The Bertz CT molecular complexity index is 1490. The third kappa shape index (κ3) is 4.60. The van der Waals surface area contributed by atoms with Gasteiger partial charge in [0, 0.05) is 32.4 Å². The molecule has 3 aromatic heterocycles. The van der Waals surface area contributed by atoms with Gasteiger partial charge in [-0.1, -0.05) is 36.4 Å². The first kappa shape index (κ1) is 22.9. The summed E-state index contributed by atoms with van der Waals surface area (Å²) in [7, 11) is 0. The predicted molar refractivity (Wildman–Crippen MR) is 132 cm³/mol. The largest absolute Gasteiger partial charge is 0.379 e. The second kappa shape index (κ2) is 9.81. The molecule has 0 aliphatic carbocycles. The molecule has 5 rings (SSSR count). The molecule has 1 unspecified atom stereocenters. The standard InChI is InChI=1S/C26H28N6O3/c1-18(19-7-3-2-4-8-19)28-25(33)20-17-21-24(29-22-9-5-6-10-31(22)26(21)34)32(23(20)27)12-11-30-13-15-35-16-14-30/h2-10,17-18,27H,11-16H2,1H3,(H,28,33). The topological polar surface area (TPSA) is 105 Å². The maximum atomic E-state index is 13.4. The van der Waals surface area contributed by atoms with Crippen LogP contribution >= 0.6 is 0 Å². The van der Waals surface area contributed by atoms with Gasteiger partial charge < -0.3 is 14.6 Å². The second-order valence-corrected chi connectivity index (χ2v) is 8.70. The van der Waals surface area contributed by atoms with Crippen molar-refractivity contribution in [1.82, 2.24) is 24.2 Å². The van der Waals surface area contributed by atoms with Crippen LogP contribution in [0.4, 0.5) is 0 Å². The summed E-state index contributed by atoms with van der Waals surface area (Å²) in [6.07, 6.45) is 1.66. The molecule has 4 aromatic rings. The van der Waals surface area contributed by atoms with Gasteiger partial charge in [-0.05, 0) is 30.7 Å². The Morgan fingerprint density at radius 1 is 1.11 bits per heavy atom. The third-order valence-corrected chi connectivity index (χ3v) is 6.45. The van der Waals surface area contributed by atoms with E-state index in [9.17, 15) is 9.59 Å². The average Bonchev–Trinajstić information content (AvgIpc) is 2.89. The SMILES string of the molecule is CC(NC(=O)c1cc2c(=O)n3ccccc3nc2n(CCN2CCOCC2)c1=N)c1ccccc1. The predicted octanol–water partition coefficient (Wildman–Crippen LogP) is 1.95. The van der Waals surface area contributed by atoms with E-state index in [4.69, 9.17) is 15.1 Å². The first-order valence-corrected chi connectivity index (χ1v) is 11.8. The van der Waals surface area contributed by atoms with Crippen molar-refractivity contribution in [2.24, 2.45) is 0 Å². The Labute approximate surface area is 202 Å². The Balaban J connectivity index is 1.59. The molecule has 0 radical (unpaired) electrons. The van der Waals surface area contributed by atoms with Gasteiger partial charge in [-0.2, -0.15) is 0 Å². The van der Waals surface area contributed by atoms with E-state index in [1.807, 2.05) is 43.3 Å². The average molecular weight is 473 g/mol. The molecule has 2 N–H and O–H groups in total. The van der Waals surface area contributed by atoms with Crippen molar-refractivity contribution >= 4 is 22.6 Å². The first-order valence-electron chi connectivity index (χ1n) is 11.8. The van der Waals surface area contributed by atoms with Gasteiger partial charge in [0.15, 0.2) is 0 Å². The molecule has 1 amide bonds. The van der Waals surface area contributed by atoms with Crippen molar-refractivity contribution in [3.05, 3.63) is 87.8 Å². The Hall–Kier alpha value is -3.82. The van der Waals surface area contributed by atoms with Gasteiger partial charge in [-0.25, -0.2) is 4.98 Å². The lowest BCUT2D eigenvalue weighted by Gasteiger charge is -2.27. The van der Waals surface area contributed by atoms with Gasteiger partial charge in [0.25, 0.3) is 11.5 Å². The summed E-state index contributed by atoms with van der Waals surface area (Å²) >= 11 is 0. The Kier molecular flexibility index (Phi) is 6.43. The molecule has 0 spiro atoms. The maximum Gasteiger partial charge on any atom is 0.267 e. The van der Waals surface area contributed by atoms with Crippen molar-refractivity contribution < 1.29 is 9.53 Å². The van der Waals surface area contributed by atoms with Crippen LogP contribution in [0.1, 0.15) is 28.9 Å². The van der Waals surface area contributed by atoms with E-state index in [0.29, 0.717) is 43.0 Å². The molecule has 0 bridgehead atoms. The van der Waals surface area contributed by atoms with Crippen LogP contribution in [0.2, 0.25) is 0 Å². The minimum atomic E-state index is -0.397. The van der Waals surface area contributed by atoms with E-state index < -0.39 is 5.91 Å². The minimum absolute atomic E-state index is 0.0377. The van der Waals surface area contributed by atoms with E-state index in [0.717, 1.165) is 18.7 Å². The van der Waals surface area contributed by atoms with E-state index in [-0.39, 0.29) is 22.7 Å². The normalized spacial score (nSPS) is 15.3. The van der Waals surface area contributed by atoms with Crippen molar-refractivity contribution in [3.63, 3.8) is 0 Å². The molecule has 0 saturated carbocycles. The summed E-state index contributed by atoms with van der Waals surface area (Å²) in [5.41, 5.74) is 1.79. The van der Waals surface area contributed by atoms with Crippen LogP contribution < -0.4 is 16.4 Å². The van der Waals surface area contributed by atoms with E-state index >= 15 is 0 Å². The number of aromatic nitrogens is 3. The number of carbonyl (C=O) groups is 1. The lowest BCUT2D eigenvalue weighted by molar-refractivity contribution is 0.0363. The number of ether oxygens (including phenoxy) is 1. The lowest BCUT2D eigenvalue weighted by atomic mass is 10.1. The highest BCUT2D eigenvalue weighted by molar-refractivity contribution is 5.97. The van der Waals surface area contributed by atoms with Crippen LogP contribution in [-0.2, 0) is 11.3 Å². The van der Waals surface area contributed by atoms with Gasteiger partial charge in [-0.15, -0.1) is 0 Å². The Morgan fingerprint density at radius 2 is 1.86 bits per heavy atom. The number of hydrogen-bond acceptors (Lipinski definition) is 6. The molecule has 180 valence electrons. The van der Waals surface area contributed by atoms with Crippen LogP contribution in [-0.4, -0.2) is 57.6 Å². The van der Waals surface area contributed by atoms with Crippen LogP contribution in [0.15, 0.2) is 65.6 Å². The molecular formula is C26H28N6O3. The van der Waals surface area contributed by atoms with Gasteiger partial charge in [0.1, 0.15) is 16.8 Å². The van der Waals surface area contributed by atoms with Crippen molar-refractivity contribution in [2.45, 2.75) is 19.5 Å². The summed E-state index contributed by atoms with van der Waals surface area (Å²) < 4.78 is 8.59. The second-order valence-electron chi connectivity index (χ2n) is 8.70. The van der Waals surface area contributed by atoms with E-state index in [1.54, 1.807) is 22.9 Å². The molecule has 1 fully saturated rings. The highest BCUT2D eigenvalue weighted by Gasteiger charge is 2.20. The summed E-state index contributed by atoms with van der Waals surface area (Å²) in [5.74, 6) is -0.397. The molecule has 4 heterocycles. The van der Waals surface area contributed by atoms with Gasteiger partial charge in [0.05, 0.1) is 30.2 Å². The fraction of sp³-hybridized carbons (Fsp3) is 0.308. The number of hydrogen-bond donors (Lipinski definition) is 2. The number of nitrogens with zero attached hydrogens (tertiary/aromatic N) is 4. The molecular weight excluding hydrogens is 444 g/mol. The minimum Gasteiger partial charge on any atom is -0.379 e. The number of pyridine rings is 2. The molecule has 9 nitrogen and oxygen atoms in total. The number of fused-ring (bicyclic) bond motifs is 2. The summed E-state index contributed by atoms with van der Waals surface area (Å²) in [6, 6.07) is 16.2. The smallest absolute Gasteiger partial charge is 0.267 e. The molecule has 1 saturated heterocycles. The highest BCUT2D eigenvalue weighted by atomic mass is 16.5. The van der Waals surface area contributed by atoms with Gasteiger partial charge >= 0.3 is 0 Å². The maximum absolute atomic E-state index is 13.4. The van der Waals surface area contributed by atoms with Crippen molar-refractivity contribution in [2.75, 3.05) is 32.8 Å². The number of carbonyl (C=O) groups excluding carboxylic acids is 1. The van der Waals surface area contributed by atoms with Gasteiger partial charge in [0.2, 0.25) is 0 Å². The molecule has 35 heavy (non-hydrogen) atoms. The quantitative estimate of drug-likeness (QED) is 0.418. The molecule has 9 heteroatoms. The molecule has 1 aliphatic heterocycles. The summed E-state index contributed by atoms with van der Waals surface area (Å²) in [6.45, 7) is 5.94. The third-order valence-electron chi connectivity index (χ3n) is 6.45. The summed E-state index contributed by atoms with van der Waals surface area (Å²) in [4.78, 5) is 33.6. The summed E-state index contributed by atoms with van der Waals surface area (Å²) in [5, 5.41) is 12.2. The lowest BCUT2D eigenvalue weighted by Crippen LogP contribution is -2.41. The van der Waals surface area contributed by atoms with Gasteiger partial charge in [-0.3, -0.25) is 24.3 Å². The number of morpholine rings is 1. The van der Waals surface area contributed by atoms with Crippen LogP contribution in [0.3, 0.4) is 0 Å². The van der Waals surface area contributed by atoms with E-state index in [2.05, 4.69) is 10.2 Å². The molecule has 1 aromatic carbocycles. The van der Waals surface area contributed by atoms with Crippen LogP contribution in [0, 0.1) is 5.41 Å². The number of rotatable bonds is 6. The number of nitrogens with one attached hydrogen (secondary N) is 2. The van der Waals surface area contributed by atoms with Crippen LogP contribution in [0.25, 0.3) is 16.7 Å². The monoisotopic (exact) mass is 472 g/mol.